The highest BCUT2D eigenvalue weighted by molar-refractivity contribution is 7.92. The van der Waals surface area contributed by atoms with Gasteiger partial charge in [-0.3, -0.25) is 20.4 Å². The molecule has 0 bridgehead atoms. The third kappa shape index (κ3) is 7.74. The maximum absolute atomic E-state index is 12.8. The number of unbranched alkanes of at least 4 members (excludes halogenated alkanes) is 3. The Bertz CT molecular complexity index is 993. The number of carbonyl (C=O) groups excluding carboxylic acids is 1. The van der Waals surface area contributed by atoms with Crippen molar-refractivity contribution in [2.45, 2.75) is 62.9 Å². The standard InChI is InChI=1S/C22H28F3N3O3S/c1-3-4-5-6-8-16(2)17-9-7-10-20(15-17)32(30,31)28-19-13-11-18(12-14-19)26-27-21(29)22(23,24)25/h7,9-16,26,28H,3-6,8H2,1-2H3,(H,27,29). The molecule has 3 N–H and O–H groups in total. The SMILES string of the molecule is CCCCCCC(C)c1cccc(S(=O)(=O)Nc2ccc(NNC(=O)C(F)(F)F)cc2)c1. The van der Waals surface area contributed by atoms with Crippen molar-refractivity contribution in [1.82, 2.24) is 5.43 Å². The molecule has 0 saturated heterocycles. The molecule has 32 heavy (non-hydrogen) atoms. The number of anilines is 2. The summed E-state index contributed by atoms with van der Waals surface area (Å²) in [5.41, 5.74) is 4.98. The number of sulfonamides is 1. The molecule has 2 aromatic carbocycles. The Labute approximate surface area is 186 Å². The molecule has 1 atom stereocenters. The summed E-state index contributed by atoms with van der Waals surface area (Å²) in [4.78, 5) is 11.0. The van der Waals surface area contributed by atoms with Crippen molar-refractivity contribution < 1.29 is 26.4 Å². The van der Waals surface area contributed by atoms with Gasteiger partial charge in [-0.15, -0.1) is 0 Å². The second kappa shape index (κ2) is 11.2. The number of alkyl halides is 3. The van der Waals surface area contributed by atoms with Gasteiger partial charge in [0.15, 0.2) is 0 Å². The van der Waals surface area contributed by atoms with E-state index < -0.39 is 22.1 Å². The zero-order valence-corrected chi connectivity index (χ0v) is 18.8. The topological polar surface area (TPSA) is 87.3 Å². The van der Waals surface area contributed by atoms with E-state index in [9.17, 15) is 26.4 Å². The lowest BCUT2D eigenvalue weighted by molar-refractivity contribution is -0.173. The third-order valence-electron chi connectivity index (χ3n) is 4.94. The molecule has 0 radical (unpaired) electrons. The van der Waals surface area contributed by atoms with Gasteiger partial charge >= 0.3 is 12.1 Å². The van der Waals surface area contributed by atoms with E-state index in [1.807, 2.05) is 6.07 Å². The van der Waals surface area contributed by atoms with Crippen molar-refractivity contribution in [2.75, 3.05) is 10.1 Å². The van der Waals surface area contributed by atoms with E-state index in [1.54, 1.807) is 12.1 Å². The summed E-state index contributed by atoms with van der Waals surface area (Å²) in [5.74, 6) is -1.90. The molecule has 6 nitrogen and oxygen atoms in total. The molecule has 2 aromatic rings. The van der Waals surface area contributed by atoms with Crippen LogP contribution in [0.4, 0.5) is 24.5 Å². The van der Waals surface area contributed by atoms with Gasteiger partial charge in [-0.1, -0.05) is 51.7 Å². The highest BCUT2D eigenvalue weighted by atomic mass is 32.2. The maximum atomic E-state index is 12.8. The van der Waals surface area contributed by atoms with Crippen LogP contribution >= 0.6 is 0 Å². The Morgan fingerprint density at radius 3 is 2.28 bits per heavy atom. The molecule has 0 fully saturated rings. The van der Waals surface area contributed by atoms with Gasteiger partial charge in [-0.2, -0.15) is 13.2 Å². The van der Waals surface area contributed by atoms with Gasteiger partial charge in [0.1, 0.15) is 0 Å². The second-order valence-corrected chi connectivity index (χ2v) is 9.27. The summed E-state index contributed by atoms with van der Waals surface area (Å²) in [6.45, 7) is 4.23. The number of hydrogen-bond donors (Lipinski definition) is 3. The van der Waals surface area contributed by atoms with Crippen LogP contribution in [0.2, 0.25) is 0 Å². The van der Waals surface area contributed by atoms with E-state index in [4.69, 9.17) is 0 Å². The first kappa shape index (κ1) is 25.5. The fourth-order valence-electron chi connectivity index (χ4n) is 3.07. The monoisotopic (exact) mass is 471 g/mol. The van der Waals surface area contributed by atoms with Gasteiger partial charge in [0.25, 0.3) is 10.0 Å². The van der Waals surface area contributed by atoms with Crippen LogP contribution in [-0.4, -0.2) is 20.5 Å². The molecule has 0 aliphatic heterocycles. The molecule has 0 aliphatic rings. The number of amides is 1. The number of rotatable bonds is 11. The number of carbonyl (C=O) groups is 1. The fourth-order valence-corrected chi connectivity index (χ4v) is 4.18. The molecule has 0 aliphatic carbocycles. The summed E-state index contributed by atoms with van der Waals surface area (Å²) in [6.07, 6.45) is 0.570. The zero-order valence-electron chi connectivity index (χ0n) is 18.0. The van der Waals surface area contributed by atoms with E-state index in [2.05, 4.69) is 24.0 Å². The molecule has 0 aromatic heterocycles. The van der Waals surface area contributed by atoms with Gasteiger partial charge in [-0.05, 0) is 54.3 Å². The molecule has 1 unspecified atom stereocenters. The molecule has 176 valence electrons. The van der Waals surface area contributed by atoms with Crippen LogP contribution < -0.4 is 15.6 Å². The largest absolute Gasteiger partial charge is 0.472 e. The number of nitrogens with one attached hydrogen (secondary N) is 3. The van der Waals surface area contributed by atoms with E-state index >= 15 is 0 Å². The maximum Gasteiger partial charge on any atom is 0.472 e. The van der Waals surface area contributed by atoms with Gasteiger partial charge in [-0.25, -0.2) is 8.42 Å². The van der Waals surface area contributed by atoms with E-state index in [0.717, 1.165) is 31.2 Å². The summed E-state index contributed by atoms with van der Waals surface area (Å²) in [5, 5.41) is 0. The highest BCUT2D eigenvalue weighted by Gasteiger charge is 2.38. The van der Waals surface area contributed by atoms with E-state index in [1.165, 1.54) is 42.2 Å². The van der Waals surface area contributed by atoms with Crippen LogP contribution in [0, 0.1) is 0 Å². The number of halogens is 3. The Balaban J connectivity index is 2.01. The first-order valence-electron chi connectivity index (χ1n) is 10.4. The molecule has 10 heteroatoms. The molecule has 0 saturated carbocycles. The number of benzene rings is 2. The minimum atomic E-state index is -5.01. The lowest BCUT2D eigenvalue weighted by Gasteiger charge is -2.14. The van der Waals surface area contributed by atoms with Crippen LogP contribution in [0.1, 0.15) is 57.4 Å². The Morgan fingerprint density at radius 2 is 1.66 bits per heavy atom. The average Bonchev–Trinajstić information content (AvgIpc) is 2.75. The zero-order chi connectivity index (χ0) is 23.8. The van der Waals surface area contributed by atoms with Crippen molar-refractivity contribution >= 4 is 27.3 Å². The average molecular weight is 472 g/mol. The summed E-state index contributed by atoms with van der Waals surface area (Å²) in [7, 11) is -3.85. The van der Waals surface area contributed by atoms with Gasteiger partial charge in [0.2, 0.25) is 0 Å². The van der Waals surface area contributed by atoms with Crippen molar-refractivity contribution in [1.29, 1.82) is 0 Å². The Hall–Kier alpha value is -2.75. The fraction of sp³-hybridized carbons (Fsp3) is 0.409. The van der Waals surface area contributed by atoms with Crippen LogP contribution in [0.15, 0.2) is 53.4 Å². The molecule has 1 amide bonds. The number of hydrazine groups is 1. The van der Waals surface area contributed by atoms with E-state index in [0.29, 0.717) is 0 Å². The first-order chi connectivity index (χ1) is 15.0. The molecular weight excluding hydrogens is 443 g/mol. The first-order valence-corrected chi connectivity index (χ1v) is 11.9. The van der Waals surface area contributed by atoms with Gasteiger partial charge < -0.3 is 0 Å². The quantitative estimate of drug-likeness (QED) is 0.296. The summed E-state index contributed by atoms with van der Waals surface area (Å²) < 4.78 is 64.6. The Morgan fingerprint density at radius 1 is 1.00 bits per heavy atom. The molecule has 2 rings (SSSR count). The van der Waals surface area contributed by atoms with Crippen molar-refractivity contribution in [3.63, 3.8) is 0 Å². The number of hydrogen-bond acceptors (Lipinski definition) is 4. The molecule has 0 heterocycles. The van der Waals surface area contributed by atoms with Crippen LogP contribution in [0.25, 0.3) is 0 Å². The summed E-state index contributed by atoms with van der Waals surface area (Å²) in [6, 6.07) is 12.2. The smallest absolute Gasteiger partial charge is 0.298 e. The van der Waals surface area contributed by atoms with Gasteiger partial charge in [0, 0.05) is 5.69 Å². The lowest BCUT2D eigenvalue weighted by atomic mass is 9.95. The van der Waals surface area contributed by atoms with Crippen LogP contribution in [-0.2, 0) is 14.8 Å². The third-order valence-corrected chi connectivity index (χ3v) is 6.32. The predicted molar refractivity (Wildman–Crippen MR) is 119 cm³/mol. The van der Waals surface area contributed by atoms with Crippen LogP contribution in [0.3, 0.4) is 0 Å². The predicted octanol–water partition coefficient (Wildman–Crippen LogP) is 5.57. The molecular formula is C22H28F3N3O3S. The van der Waals surface area contributed by atoms with Gasteiger partial charge in [0.05, 0.1) is 10.6 Å². The van der Waals surface area contributed by atoms with Crippen molar-refractivity contribution in [2.24, 2.45) is 0 Å². The van der Waals surface area contributed by atoms with E-state index in [-0.39, 0.29) is 22.2 Å². The van der Waals surface area contributed by atoms with Crippen molar-refractivity contribution in [3.8, 4) is 0 Å². The normalized spacial score (nSPS) is 12.8. The lowest BCUT2D eigenvalue weighted by Crippen LogP contribution is -2.40. The van der Waals surface area contributed by atoms with Crippen LogP contribution in [0.5, 0.6) is 0 Å². The minimum Gasteiger partial charge on any atom is -0.298 e. The Kier molecular flexibility index (Phi) is 8.94. The minimum absolute atomic E-state index is 0.134. The summed E-state index contributed by atoms with van der Waals surface area (Å²) >= 11 is 0. The second-order valence-electron chi connectivity index (χ2n) is 7.58. The van der Waals surface area contributed by atoms with Crippen molar-refractivity contribution in [3.05, 3.63) is 54.1 Å². The highest BCUT2D eigenvalue weighted by Crippen LogP contribution is 2.26. The molecule has 0 spiro atoms.